The number of nitrogens with zero attached hydrogens (tertiary/aromatic N) is 4. The molecule has 25 heavy (non-hydrogen) atoms. The molecule has 2 aromatic rings. The number of ether oxygens (including phenoxy) is 2. The zero-order valence-electron chi connectivity index (χ0n) is 14.7. The second kappa shape index (κ2) is 6.94. The van der Waals surface area contributed by atoms with E-state index < -0.39 is 12.0 Å². The lowest BCUT2D eigenvalue weighted by Crippen LogP contribution is -2.31. The predicted octanol–water partition coefficient (Wildman–Crippen LogP) is 1.43. The first kappa shape index (κ1) is 17.0. The van der Waals surface area contributed by atoms with E-state index in [9.17, 15) is 4.79 Å². The summed E-state index contributed by atoms with van der Waals surface area (Å²) in [7, 11) is 6.89. The predicted molar refractivity (Wildman–Crippen MR) is 93.5 cm³/mol. The van der Waals surface area contributed by atoms with Crippen LogP contribution in [-0.4, -0.2) is 55.7 Å². The van der Waals surface area contributed by atoms with E-state index in [-0.39, 0.29) is 6.61 Å². The van der Waals surface area contributed by atoms with Gasteiger partial charge in [-0.3, -0.25) is 0 Å². The highest BCUT2D eigenvalue weighted by Crippen LogP contribution is 2.35. The van der Waals surface area contributed by atoms with Gasteiger partial charge in [-0.2, -0.15) is 10.1 Å². The maximum absolute atomic E-state index is 12.5. The Bertz CT molecular complexity index is 795. The number of benzene rings is 1. The Morgan fingerprint density at radius 1 is 1.28 bits per heavy atom. The molecule has 1 aliphatic rings. The summed E-state index contributed by atoms with van der Waals surface area (Å²) in [5.74, 6) is 0.128. The molecule has 0 saturated heterocycles. The van der Waals surface area contributed by atoms with Gasteiger partial charge in [0.05, 0.1) is 25.0 Å². The fourth-order valence-corrected chi connectivity index (χ4v) is 2.88. The van der Waals surface area contributed by atoms with Crippen molar-refractivity contribution in [2.24, 2.45) is 0 Å². The molecule has 3 rings (SSSR count). The van der Waals surface area contributed by atoms with E-state index in [0.29, 0.717) is 17.2 Å². The highest BCUT2D eigenvalue weighted by molar-refractivity contribution is 5.92. The molecule has 0 spiro atoms. The lowest BCUT2D eigenvalue weighted by molar-refractivity contribution is -0.136. The molecule has 1 N–H and O–H groups in total. The molecule has 1 unspecified atom stereocenters. The average molecular weight is 343 g/mol. The quantitative estimate of drug-likeness (QED) is 0.823. The highest BCUT2D eigenvalue weighted by Gasteiger charge is 2.35. The molecule has 1 aromatic heterocycles. The molecule has 0 fully saturated rings. The topological polar surface area (TPSA) is 81.5 Å². The van der Waals surface area contributed by atoms with Crippen molar-refractivity contribution in [3.8, 4) is 0 Å². The van der Waals surface area contributed by atoms with Crippen LogP contribution in [0.25, 0.3) is 0 Å². The minimum absolute atomic E-state index is 0.240. The van der Waals surface area contributed by atoms with Crippen LogP contribution < -0.4 is 10.2 Å². The number of hydrogen-bond donors (Lipinski definition) is 1. The number of esters is 1. The number of aromatic nitrogens is 3. The largest absolute Gasteiger partial charge is 0.466 e. The van der Waals surface area contributed by atoms with E-state index in [1.54, 1.807) is 11.8 Å². The molecule has 8 heteroatoms. The van der Waals surface area contributed by atoms with E-state index in [1.165, 1.54) is 13.4 Å². The first-order valence-electron chi connectivity index (χ1n) is 7.81. The van der Waals surface area contributed by atoms with Crippen molar-refractivity contribution in [2.75, 3.05) is 45.1 Å². The summed E-state index contributed by atoms with van der Waals surface area (Å²) in [5.41, 5.74) is 3.06. The highest BCUT2D eigenvalue weighted by atomic mass is 16.5. The maximum atomic E-state index is 12.5. The Kier molecular flexibility index (Phi) is 4.71. The first-order chi connectivity index (χ1) is 12.1. The Labute approximate surface area is 146 Å². The number of rotatable bonds is 5. The van der Waals surface area contributed by atoms with Gasteiger partial charge in [0, 0.05) is 26.9 Å². The number of carbonyl (C=O) groups is 1. The summed E-state index contributed by atoms with van der Waals surface area (Å²) in [6.07, 6.45) is 1.45. The van der Waals surface area contributed by atoms with E-state index in [0.717, 1.165) is 11.3 Å². The Hall–Kier alpha value is -2.87. The molecule has 0 radical (unpaired) electrons. The van der Waals surface area contributed by atoms with Crippen molar-refractivity contribution in [1.29, 1.82) is 0 Å². The Balaban J connectivity index is 2.13. The summed E-state index contributed by atoms with van der Waals surface area (Å²) in [5, 5.41) is 7.39. The van der Waals surface area contributed by atoms with Crippen LogP contribution in [0, 0.1) is 0 Å². The third kappa shape index (κ3) is 3.08. The average Bonchev–Trinajstić information content (AvgIpc) is 3.08. The van der Waals surface area contributed by atoms with Crippen molar-refractivity contribution in [3.05, 3.63) is 47.4 Å². The molecular formula is C17H21N5O3. The molecule has 8 nitrogen and oxygen atoms in total. The zero-order valence-corrected chi connectivity index (χ0v) is 14.7. The molecule has 0 saturated carbocycles. The van der Waals surface area contributed by atoms with E-state index in [1.807, 2.05) is 43.3 Å². The van der Waals surface area contributed by atoms with Gasteiger partial charge in [0.1, 0.15) is 12.4 Å². The molecular weight excluding hydrogens is 322 g/mol. The summed E-state index contributed by atoms with van der Waals surface area (Å²) >= 11 is 0. The lowest BCUT2D eigenvalue weighted by Gasteiger charge is -2.29. The van der Waals surface area contributed by atoms with Crippen LogP contribution in [0.4, 0.5) is 11.6 Å². The molecule has 1 atom stereocenters. The van der Waals surface area contributed by atoms with Crippen LogP contribution in [-0.2, 0) is 14.3 Å². The molecule has 132 valence electrons. The van der Waals surface area contributed by atoms with Gasteiger partial charge in [-0.15, -0.1) is 0 Å². The SMILES string of the molecule is COCC1=C(C(=O)OC)C(c2ccc(N(C)C)cc2)n2ncnc2N1. The maximum Gasteiger partial charge on any atom is 0.338 e. The fourth-order valence-electron chi connectivity index (χ4n) is 2.88. The molecule has 0 aliphatic carbocycles. The fraction of sp³-hybridized carbons (Fsp3) is 0.353. The van der Waals surface area contributed by atoms with E-state index in [4.69, 9.17) is 9.47 Å². The van der Waals surface area contributed by atoms with Crippen LogP contribution in [0.3, 0.4) is 0 Å². The standard InChI is InChI=1S/C17H21N5O3/c1-21(2)12-7-5-11(6-8-12)15-14(16(23)25-4)13(9-24-3)20-17-18-10-19-22(15)17/h5-8,10,15H,9H2,1-4H3,(H,18,19,20). The van der Waals surface area contributed by atoms with Crippen molar-refractivity contribution < 1.29 is 14.3 Å². The first-order valence-corrected chi connectivity index (χ1v) is 7.81. The molecule has 1 aromatic carbocycles. The van der Waals surface area contributed by atoms with Crippen LogP contribution in [0.15, 0.2) is 41.9 Å². The second-order valence-corrected chi connectivity index (χ2v) is 5.86. The summed E-state index contributed by atoms with van der Waals surface area (Å²) in [4.78, 5) is 18.7. The van der Waals surface area contributed by atoms with Gasteiger partial charge in [-0.05, 0) is 17.7 Å². The van der Waals surface area contributed by atoms with Gasteiger partial charge in [0.2, 0.25) is 5.95 Å². The van der Waals surface area contributed by atoms with Crippen molar-refractivity contribution >= 4 is 17.6 Å². The lowest BCUT2D eigenvalue weighted by atomic mass is 9.95. The number of anilines is 2. The van der Waals surface area contributed by atoms with Crippen molar-refractivity contribution in [1.82, 2.24) is 14.8 Å². The van der Waals surface area contributed by atoms with Gasteiger partial charge in [-0.1, -0.05) is 12.1 Å². The number of carbonyl (C=O) groups excluding carboxylic acids is 1. The molecule has 1 aliphatic heterocycles. The summed E-state index contributed by atoms with van der Waals surface area (Å²) in [6.45, 7) is 0.240. The van der Waals surface area contributed by atoms with Gasteiger partial charge in [-0.25, -0.2) is 9.48 Å². The Morgan fingerprint density at radius 3 is 2.60 bits per heavy atom. The Morgan fingerprint density at radius 2 is 2.00 bits per heavy atom. The third-order valence-corrected chi connectivity index (χ3v) is 4.10. The number of hydrogen-bond acceptors (Lipinski definition) is 7. The van der Waals surface area contributed by atoms with Gasteiger partial charge < -0.3 is 19.7 Å². The summed E-state index contributed by atoms with van der Waals surface area (Å²) < 4.78 is 11.9. The van der Waals surface area contributed by atoms with Crippen LogP contribution in [0.1, 0.15) is 11.6 Å². The smallest absolute Gasteiger partial charge is 0.338 e. The van der Waals surface area contributed by atoms with Crippen LogP contribution in [0.5, 0.6) is 0 Å². The number of nitrogens with one attached hydrogen (secondary N) is 1. The zero-order chi connectivity index (χ0) is 18.0. The molecule has 0 bridgehead atoms. The third-order valence-electron chi connectivity index (χ3n) is 4.10. The van der Waals surface area contributed by atoms with Gasteiger partial charge in [0.25, 0.3) is 0 Å². The molecule has 2 heterocycles. The monoisotopic (exact) mass is 343 g/mol. The number of methoxy groups -OCH3 is 2. The molecule has 0 amide bonds. The van der Waals surface area contributed by atoms with Gasteiger partial charge in [0.15, 0.2) is 0 Å². The number of fused-ring (bicyclic) bond motifs is 1. The van der Waals surface area contributed by atoms with Crippen molar-refractivity contribution in [2.45, 2.75) is 6.04 Å². The van der Waals surface area contributed by atoms with E-state index in [2.05, 4.69) is 15.4 Å². The normalized spacial score (nSPS) is 16.2. The second-order valence-electron chi connectivity index (χ2n) is 5.86. The van der Waals surface area contributed by atoms with Crippen LogP contribution >= 0.6 is 0 Å². The van der Waals surface area contributed by atoms with Gasteiger partial charge >= 0.3 is 5.97 Å². The minimum atomic E-state index is -0.437. The minimum Gasteiger partial charge on any atom is -0.466 e. The summed E-state index contributed by atoms with van der Waals surface area (Å²) in [6, 6.07) is 7.51. The van der Waals surface area contributed by atoms with Crippen molar-refractivity contribution in [3.63, 3.8) is 0 Å². The van der Waals surface area contributed by atoms with E-state index >= 15 is 0 Å². The van der Waals surface area contributed by atoms with Crippen LogP contribution in [0.2, 0.25) is 0 Å².